The van der Waals surface area contributed by atoms with Crippen LogP contribution < -0.4 is 9.47 Å². The number of methoxy groups -OCH3 is 1. The van der Waals surface area contributed by atoms with Crippen LogP contribution >= 0.6 is 0 Å². The molecule has 0 aromatic heterocycles. The summed E-state index contributed by atoms with van der Waals surface area (Å²) in [5.74, 6) is -1.84. The molecule has 1 heterocycles. The van der Waals surface area contributed by atoms with Gasteiger partial charge in [-0.2, -0.15) is 0 Å². The van der Waals surface area contributed by atoms with E-state index < -0.39 is 28.4 Å². The Morgan fingerprint density at radius 1 is 1.42 bits per heavy atom. The van der Waals surface area contributed by atoms with Crippen molar-refractivity contribution < 1.29 is 29.1 Å². The number of hydrogen-bond donors (Lipinski definition) is 1. The number of ether oxygens (including phenoxy) is 2. The number of hydrogen-bond acceptors (Lipinski definition) is 6. The van der Waals surface area contributed by atoms with Gasteiger partial charge in [-0.25, -0.2) is 0 Å². The van der Waals surface area contributed by atoms with Crippen LogP contribution in [-0.4, -0.2) is 53.6 Å². The molecule has 2 rings (SSSR count). The normalized spacial score (nSPS) is 16.8. The number of rotatable bonds is 6. The van der Waals surface area contributed by atoms with Gasteiger partial charge in [0.2, 0.25) is 0 Å². The highest BCUT2D eigenvalue weighted by Gasteiger charge is 2.34. The number of nitro benzene ring substituents is 1. The minimum absolute atomic E-state index is 0.0291. The Morgan fingerprint density at radius 3 is 2.62 bits per heavy atom. The van der Waals surface area contributed by atoms with Gasteiger partial charge in [-0.15, -0.1) is 0 Å². The maximum absolute atomic E-state index is 12.6. The lowest BCUT2D eigenvalue weighted by molar-refractivity contribution is -0.385. The number of aliphatic carboxylic acids is 1. The van der Waals surface area contributed by atoms with Crippen LogP contribution in [0.15, 0.2) is 12.1 Å². The summed E-state index contributed by atoms with van der Waals surface area (Å²) < 4.78 is 10.4. The zero-order valence-corrected chi connectivity index (χ0v) is 13.4. The molecule has 1 unspecified atom stereocenters. The molecule has 1 aliphatic heterocycles. The summed E-state index contributed by atoms with van der Waals surface area (Å²) in [6.07, 6.45) is 0.323. The van der Waals surface area contributed by atoms with Gasteiger partial charge in [0.15, 0.2) is 11.5 Å². The Morgan fingerprint density at radius 2 is 2.12 bits per heavy atom. The van der Waals surface area contributed by atoms with Crippen molar-refractivity contribution in [2.75, 3.05) is 26.8 Å². The van der Waals surface area contributed by atoms with Gasteiger partial charge in [-0.3, -0.25) is 19.7 Å². The molecule has 1 amide bonds. The number of carboxylic acids is 1. The lowest BCUT2D eigenvalue weighted by Crippen LogP contribution is -2.30. The molecule has 1 atom stereocenters. The number of nitro groups is 1. The molecular weight excluding hydrogens is 320 g/mol. The van der Waals surface area contributed by atoms with Crippen LogP contribution in [0.2, 0.25) is 0 Å². The Balaban J connectivity index is 2.40. The summed E-state index contributed by atoms with van der Waals surface area (Å²) in [7, 11) is 1.35. The van der Waals surface area contributed by atoms with Gasteiger partial charge in [0.25, 0.3) is 11.6 Å². The minimum atomic E-state index is -0.982. The molecule has 1 N–H and O–H groups in total. The third-order valence-corrected chi connectivity index (χ3v) is 3.83. The second-order valence-corrected chi connectivity index (χ2v) is 5.29. The summed E-state index contributed by atoms with van der Waals surface area (Å²) in [6.45, 7) is 2.30. The number of carbonyl (C=O) groups is 2. The summed E-state index contributed by atoms with van der Waals surface area (Å²) in [4.78, 5) is 35.6. The topological polar surface area (TPSA) is 119 Å². The number of nitrogens with zero attached hydrogens (tertiary/aromatic N) is 2. The van der Waals surface area contributed by atoms with Crippen LogP contribution in [0, 0.1) is 16.0 Å². The highest BCUT2D eigenvalue weighted by atomic mass is 16.6. The molecule has 1 aromatic carbocycles. The zero-order chi connectivity index (χ0) is 17.9. The number of likely N-dealkylation sites (tertiary alicyclic amines) is 1. The number of benzene rings is 1. The first-order valence-electron chi connectivity index (χ1n) is 7.40. The Hall–Kier alpha value is -2.84. The highest BCUT2D eigenvalue weighted by Crippen LogP contribution is 2.36. The van der Waals surface area contributed by atoms with Crippen molar-refractivity contribution in [3.05, 3.63) is 27.8 Å². The molecule has 130 valence electrons. The molecule has 0 saturated carbocycles. The van der Waals surface area contributed by atoms with Crippen LogP contribution in [0.3, 0.4) is 0 Å². The van der Waals surface area contributed by atoms with Gasteiger partial charge in [0.05, 0.1) is 30.6 Å². The fourth-order valence-electron chi connectivity index (χ4n) is 2.62. The van der Waals surface area contributed by atoms with E-state index in [1.165, 1.54) is 18.1 Å². The van der Waals surface area contributed by atoms with Crippen molar-refractivity contribution in [2.45, 2.75) is 13.3 Å². The summed E-state index contributed by atoms with van der Waals surface area (Å²) in [6, 6.07) is 2.42. The standard InChI is InChI=1S/C15H18N2O7/c1-3-24-13-6-10(11(17(21)22)7-12(13)23-2)14(18)16-5-4-9(8-16)15(19)20/h6-7,9H,3-5,8H2,1-2H3,(H,19,20). The first-order valence-corrected chi connectivity index (χ1v) is 7.40. The number of carboxylic acid groups (broad SMARTS) is 1. The predicted molar refractivity (Wildman–Crippen MR) is 82.5 cm³/mol. The fraction of sp³-hybridized carbons (Fsp3) is 0.467. The van der Waals surface area contributed by atoms with Crippen molar-refractivity contribution in [2.24, 2.45) is 5.92 Å². The first kappa shape index (κ1) is 17.5. The summed E-state index contributed by atoms with van der Waals surface area (Å²) in [5.41, 5.74) is -0.547. The highest BCUT2D eigenvalue weighted by molar-refractivity contribution is 5.99. The molecule has 1 aliphatic rings. The van der Waals surface area contributed by atoms with Crippen molar-refractivity contribution in [3.63, 3.8) is 0 Å². The Labute approximate surface area is 137 Å². The molecule has 0 radical (unpaired) electrons. The van der Waals surface area contributed by atoms with Crippen LogP contribution in [0.25, 0.3) is 0 Å². The van der Waals surface area contributed by atoms with Crippen LogP contribution in [0.5, 0.6) is 11.5 Å². The smallest absolute Gasteiger partial charge is 0.308 e. The average Bonchev–Trinajstić information content (AvgIpc) is 3.04. The van der Waals surface area contributed by atoms with Gasteiger partial charge < -0.3 is 19.5 Å². The molecular formula is C15H18N2O7. The molecule has 1 fully saturated rings. The van der Waals surface area contributed by atoms with E-state index in [1.807, 2.05) is 0 Å². The Bertz CT molecular complexity index is 674. The minimum Gasteiger partial charge on any atom is -0.493 e. The van der Waals surface area contributed by atoms with Gasteiger partial charge in [0.1, 0.15) is 5.56 Å². The summed E-state index contributed by atoms with van der Waals surface area (Å²) >= 11 is 0. The maximum atomic E-state index is 12.6. The van der Waals surface area contributed by atoms with Crippen molar-refractivity contribution in [1.29, 1.82) is 0 Å². The van der Waals surface area contributed by atoms with Gasteiger partial charge in [-0.05, 0) is 13.3 Å². The monoisotopic (exact) mass is 338 g/mol. The van der Waals surface area contributed by atoms with E-state index in [9.17, 15) is 19.7 Å². The molecule has 9 heteroatoms. The second kappa shape index (κ2) is 7.16. The van der Waals surface area contributed by atoms with E-state index in [0.717, 1.165) is 6.07 Å². The Kier molecular flexibility index (Phi) is 5.22. The zero-order valence-electron chi connectivity index (χ0n) is 13.4. The summed E-state index contributed by atoms with van der Waals surface area (Å²) in [5, 5.41) is 20.3. The van der Waals surface area contributed by atoms with Crippen LogP contribution in [-0.2, 0) is 4.79 Å². The van der Waals surface area contributed by atoms with Gasteiger partial charge >= 0.3 is 5.97 Å². The van der Waals surface area contributed by atoms with Crippen molar-refractivity contribution >= 4 is 17.6 Å². The molecule has 1 aromatic rings. The third-order valence-electron chi connectivity index (χ3n) is 3.83. The van der Waals surface area contributed by atoms with Crippen molar-refractivity contribution in [1.82, 2.24) is 4.90 Å². The van der Waals surface area contributed by atoms with Gasteiger partial charge in [-0.1, -0.05) is 0 Å². The average molecular weight is 338 g/mol. The molecule has 24 heavy (non-hydrogen) atoms. The second-order valence-electron chi connectivity index (χ2n) is 5.29. The SMILES string of the molecule is CCOc1cc(C(=O)N2CCC(C(=O)O)C2)c([N+](=O)[O-])cc1OC. The number of amides is 1. The molecule has 0 spiro atoms. The van der Waals surface area contributed by atoms with E-state index in [0.29, 0.717) is 13.0 Å². The molecule has 9 nitrogen and oxygen atoms in total. The molecule has 0 aliphatic carbocycles. The predicted octanol–water partition coefficient (Wildman–Crippen LogP) is 1.55. The van der Waals surface area contributed by atoms with Gasteiger partial charge in [0, 0.05) is 19.2 Å². The van der Waals surface area contributed by atoms with E-state index in [1.54, 1.807) is 6.92 Å². The maximum Gasteiger partial charge on any atom is 0.308 e. The van der Waals surface area contributed by atoms with E-state index in [-0.39, 0.29) is 30.2 Å². The molecule has 1 saturated heterocycles. The van der Waals surface area contributed by atoms with Crippen molar-refractivity contribution in [3.8, 4) is 11.5 Å². The third kappa shape index (κ3) is 3.39. The van der Waals surface area contributed by atoms with E-state index in [4.69, 9.17) is 14.6 Å². The van der Waals surface area contributed by atoms with E-state index in [2.05, 4.69) is 0 Å². The fourth-order valence-corrected chi connectivity index (χ4v) is 2.62. The number of carbonyl (C=O) groups excluding carboxylic acids is 1. The first-order chi connectivity index (χ1) is 11.4. The lowest BCUT2D eigenvalue weighted by atomic mass is 10.1. The quantitative estimate of drug-likeness (QED) is 0.617. The van der Waals surface area contributed by atoms with Crippen LogP contribution in [0.4, 0.5) is 5.69 Å². The van der Waals surface area contributed by atoms with E-state index >= 15 is 0 Å². The largest absolute Gasteiger partial charge is 0.493 e. The molecule has 0 bridgehead atoms. The lowest BCUT2D eigenvalue weighted by Gasteiger charge is -2.17. The van der Waals surface area contributed by atoms with Crippen LogP contribution in [0.1, 0.15) is 23.7 Å².